The van der Waals surface area contributed by atoms with Crippen molar-refractivity contribution >= 4 is 11.8 Å². The maximum Gasteiger partial charge on any atom is 0.247 e. The van der Waals surface area contributed by atoms with Crippen molar-refractivity contribution < 1.29 is 9.59 Å². The summed E-state index contributed by atoms with van der Waals surface area (Å²) in [5.41, 5.74) is 5.50. The quantitative estimate of drug-likeness (QED) is 0.936. The molecule has 1 aliphatic heterocycles. The number of amides is 2. The van der Waals surface area contributed by atoms with Gasteiger partial charge >= 0.3 is 0 Å². The molecule has 0 aliphatic carbocycles. The van der Waals surface area contributed by atoms with Gasteiger partial charge in [-0.3, -0.25) is 9.59 Å². The van der Waals surface area contributed by atoms with Crippen LogP contribution in [0.25, 0.3) is 0 Å². The Morgan fingerprint density at radius 2 is 1.92 bits per heavy atom. The van der Waals surface area contributed by atoms with Gasteiger partial charge < -0.3 is 10.2 Å². The molecule has 2 aromatic rings. The van der Waals surface area contributed by atoms with E-state index in [-0.39, 0.29) is 11.8 Å². The van der Waals surface area contributed by atoms with Crippen LogP contribution in [0.1, 0.15) is 40.8 Å². The smallest absolute Gasteiger partial charge is 0.247 e. The molecule has 130 valence electrons. The van der Waals surface area contributed by atoms with Gasteiger partial charge in [0.15, 0.2) is 0 Å². The fourth-order valence-electron chi connectivity index (χ4n) is 3.46. The number of aryl methyl sites for hydroxylation is 2. The Morgan fingerprint density at radius 1 is 1.16 bits per heavy atom. The Labute approximate surface area is 148 Å². The Bertz CT molecular complexity index is 813. The van der Waals surface area contributed by atoms with E-state index in [9.17, 15) is 9.59 Å². The van der Waals surface area contributed by atoms with Crippen LogP contribution in [0.4, 0.5) is 0 Å². The average molecular weight is 336 g/mol. The van der Waals surface area contributed by atoms with Crippen molar-refractivity contribution in [2.75, 3.05) is 6.54 Å². The molecule has 0 bridgehead atoms. The first-order valence-electron chi connectivity index (χ1n) is 8.66. The lowest BCUT2D eigenvalue weighted by molar-refractivity contribution is -0.139. The van der Waals surface area contributed by atoms with Crippen molar-refractivity contribution in [3.05, 3.63) is 70.3 Å². The summed E-state index contributed by atoms with van der Waals surface area (Å²) in [5.74, 6) is -0.190. The van der Waals surface area contributed by atoms with E-state index < -0.39 is 6.04 Å². The van der Waals surface area contributed by atoms with Crippen LogP contribution in [-0.2, 0) is 22.6 Å². The molecule has 2 amide bonds. The summed E-state index contributed by atoms with van der Waals surface area (Å²) < 4.78 is 0. The van der Waals surface area contributed by atoms with Crippen LogP contribution in [0.2, 0.25) is 0 Å². The highest BCUT2D eigenvalue weighted by Crippen LogP contribution is 2.30. The summed E-state index contributed by atoms with van der Waals surface area (Å²) >= 11 is 0. The number of nitrogens with one attached hydrogen (secondary N) is 1. The van der Waals surface area contributed by atoms with E-state index in [0.717, 1.165) is 28.7 Å². The normalized spacial score (nSPS) is 16.3. The third-order valence-corrected chi connectivity index (χ3v) is 4.89. The van der Waals surface area contributed by atoms with Gasteiger partial charge in [0.1, 0.15) is 6.04 Å². The SMILES string of the molecule is CC(=O)N1CCc2ccccc2[C@H]1C(=O)NCc1cc(C)ccc1C. The standard InChI is InChI=1S/C21H24N2O2/c1-14-8-9-15(2)18(12-14)13-22-21(25)20-19-7-5-4-6-17(19)10-11-23(20)16(3)24/h4-9,12,20H,10-11,13H2,1-3H3,(H,22,25)/t20-/m0/s1. The molecule has 0 radical (unpaired) electrons. The van der Waals surface area contributed by atoms with Crippen LogP contribution in [-0.4, -0.2) is 23.3 Å². The van der Waals surface area contributed by atoms with E-state index in [4.69, 9.17) is 0 Å². The molecule has 0 spiro atoms. The molecule has 0 unspecified atom stereocenters. The van der Waals surface area contributed by atoms with E-state index in [1.54, 1.807) is 4.90 Å². The molecule has 1 aliphatic rings. The molecule has 4 nitrogen and oxygen atoms in total. The minimum absolute atomic E-state index is 0.0682. The Hall–Kier alpha value is -2.62. The number of hydrogen-bond acceptors (Lipinski definition) is 2. The summed E-state index contributed by atoms with van der Waals surface area (Å²) in [6, 6.07) is 13.6. The van der Waals surface area contributed by atoms with Crippen molar-refractivity contribution in [2.45, 2.75) is 39.8 Å². The van der Waals surface area contributed by atoms with Gasteiger partial charge in [0.25, 0.3) is 0 Å². The summed E-state index contributed by atoms with van der Waals surface area (Å²) in [5, 5.41) is 3.03. The molecule has 1 heterocycles. The lowest BCUT2D eigenvalue weighted by atomic mass is 9.92. The summed E-state index contributed by atoms with van der Waals surface area (Å²) in [6.07, 6.45) is 0.788. The zero-order valence-electron chi connectivity index (χ0n) is 15.0. The van der Waals surface area contributed by atoms with E-state index in [1.807, 2.05) is 38.1 Å². The minimum Gasteiger partial charge on any atom is -0.350 e. The molecule has 0 saturated carbocycles. The van der Waals surface area contributed by atoms with Crippen molar-refractivity contribution in [1.29, 1.82) is 0 Å². The van der Waals surface area contributed by atoms with E-state index >= 15 is 0 Å². The first-order chi connectivity index (χ1) is 12.0. The second kappa shape index (κ2) is 7.09. The first-order valence-corrected chi connectivity index (χ1v) is 8.66. The molecule has 1 N–H and O–H groups in total. The molecule has 1 atom stereocenters. The Kier molecular flexibility index (Phi) is 4.88. The molecule has 4 heteroatoms. The number of fused-ring (bicyclic) bond motifs is 1. The van der Waals surface area contributed by atoms with Crippen LogP contribution in [0, 0.1) is 13.8 Å². The fraction of sp³-hybridized carbons (Fsp3) is 0.333. The molecular formula is C21H24N2O2. The molecule has 2 aromatic carbocycles. The van der Waals surface area contributed by atoms with E-state index in [0.29, 0.717) is 13.1 Å². The molecule has 0 saturated heterocycles. The van der Waals surface area contributed by atoms with Gasteiger partial charge in [-0.15, -0.1) is 0 Å². The first kappa shape index (κ1) is 17.2. The summed E-state index contributed by atoms with van der Waals surface area (Å²) in [7, 11) is 0. The molecule has 25 heavy (non-hydrogen) atoms. The second-order valence-corrected chi connectivity index (χ2v) is 6.71. The van der Waals surface area contributed by atoms with Gasteiger partial charge in [0, 0.05) is 20.0 Å². The lowest BCUT2D eigenvalue weighted by Gasteiger charge is -2.35. The van der Waals surface area contributed by atoms with Crippen LogP contribution < -0.4 is 5.32 Å². The zero-order valence-corrected chi connectivity index (χ0v) is 15.0. The predicted octanol–water partition coefficient (Wildman–Crippen LogP) is 3.07. The molecule has 0 aromatic heterocycles. The fourth-order valence-corrected chi connectivity index (χ4v) is 3.46. The number of nitrogens with zero attached hydrogens (tertiary/aromatic N) is 1. The lowest BCUT2D eigenvalue weighted by Crippen LogP contribution is -2.46. The highest BCUT2D eigenvalue weighted by atomic mass is 16.2. The van der Waals surface area contributed by atoms with Gasteiger partial charge in [0.05, 0.1) is 0 Å². The van der Waals surface area contributed by atoms with Crippen LogP contribution >= 0.6 is 0 Å². The van der Waals surface area contributed by atoms with Crippen molar-refractivity contribution in [3.8, 4) is 0 Å². The van der Waals surface area contributed by atoms with Crippen LogP contribution in [0.3, 0.4) is 0 Å². The third kappa shape index (κ3) is 3.58. The largest absolute Gasteiger partial charge is 0.350 e. The summed E-state index contributed by atoms with van der Waals surface area (Å²) in [6.45, 7) is 6.65. The number of carbonyl (C=O) groups is 2. The zero-order chi connectivity index (χ0) is 18.0. The molecule has 3 rings (SSSR count). The molecule has 0 fully saturated rings. The second-order valence-electron chi connectivity index (χ2n) is 6.71. The minimum atomic E-state index is -0.549. The average Bonchev–Trinajstić information content (AvgIpc) is 2.61. The van der Waals surface area contributed by atoms with E-state index in [1.165, 1.54) is 12.5 Å². The van der Waals surface area contributed by atoms with Gasteiger partial charge in [-0.2, -0.15) is 0 Å². The van der Waals surface area contributed by atoms with Gasteiger partial charge in [-0.05, 0) is 42.5 Å². The topological polar surface area (TPSA) is 49.4 Å². The highest BCUT2D eigenvalue weighted by Gasteiger charge is 2.34. The van der Waals surface area contributed by atoms with Gasteiger partial charge in [-0.1, -0.05) is 48.0 Å². The maximum absolute atomic E-state index is 12.9. The van der Waals surface area contributed by atoms with Crippen molar-refractivity contribution in [3.63, 3.8) is 0 Å². The Balaban J connectivity index is 1.83. The summed E-state index contributed by atoms with van der Waals surface area (Å²) in [4.78, 5) is 26.7. The number of rotatable bonds is 3. The van der Waals surface area contributed by atoms with Crippen molar-refractivity contribution in [1.82, 2.24) is 10.2 Å². The third-order valence-electron chi connectivity index (χ3n) is 4.89. The van der Waals surface area contributed by atoms with Gasteiger partial charge in [-0.25, -0.2) is 0 Å². The maximum atomic E-state index is 12.9. The van der Waals surface area contributed by atoms with Crippen LogP contribution in [0.5, 0.6) is 0 Å². The predicted molar refractivity (Wildman–Crippen MR) is 98.0 cm³/mol. The number of carbonyl (C=O) groups excluding carboxylic acids is 2. The van der Waals surface area contributed by atoms with E-state index in [2.05, 4.69) is 23.5 Å². The number of hydrogen-bond donors (Lipinski definition) is 1. The Morgan fingerprint density at radius 3 is 2.68 bits per heavy atom. The van der Waals surface area contributed by atoms with Crippen LogP contribution in [0.15, 0.2) is 42.5 Å². The monoisotopic (exact) mass is 336 g/mol. The van der Waals surface area contributed by atoms with Gasteiger partial charge in [0.2, 0.25) is 11.8 Å². The number of benzene rings is 2. The van der Waals surface area contributed by atoms with Crippen molar-refractivity contribution in [2.24, 2.45) is 0 Å². The highest BCUT2D eigenvalue weighted by molar-refractivity contribution is 5.88. The molecular weight excluding hydrogens is 312 g/mol.